The first-order valence-electron chi connectivity index (χ1n) is 4.98. The van der Waals surface area contributed by atoms with Crippen LogP contribution >= 0.6 is 0 Å². The van der Waals surface area contributed by atoms with Crippen LogP contribution in [-0.2, 0) is 0 Å². The van der Waals surface area contributed by atoms with Crippen LogP contribution in [0.3, 0.4) is 0 Å². The molecule has 0 bridgehead atoms. The van der Waals surface area contributed by atoms with Crippen molar-refractivity contribution in [3.05, 3.63) is 17.5 Å². The highest BCUT2D eigenvalue weighted by Gasteiger charge is 2.28. The summed E-state index contributed by atoms with van der Waals surface area (Å²) in [5.74, 6) is 0.634. The van der Waals surface area contributed by atoms with Gasteiger partial charge >= 0.3 is 0 Å². The van der Waals surface area contributed by atoms with Gasteiger partial charge in [-0.2, -0.15) is 5.10 Å². The lowest BCUT2D eigenvalue weighted by Gasteiger charge is -2.06. The van der Waals surface area contributed by atoms with Crippen molar-refractivity contribution in [3.8, 4) is 0 Å². The zero-order chi connectivity index (χ0) is 10.1. The van der Waals surface area contributed by atoms with Gasteiger partial charge in [0, 0.05) is 5.69 Å². The highest BCUT2D eigenvalue weighted by Crippen LogP contribution is 2.33. The number of carbonyl (C=O) groups excluding carboxylic acids is 1. The van der Waals surface area contributed by atoms with E-state index in [1.807, 2.05) is 6.92 Å². The maximum atomic E-state index is 11.7. The fourth-order valence-electron chi connectivity index (χ4n) is 1.55. The van der Waals surface area contributed by atoms with Crippen molar-refractivity contribution in [3.63, 3.8) is 0 Å². The molecule has 0 amide bonds. The van der Waals surface area contributed by atoms with E-state index in [4.69, 9.17) is 5.73 Å². The van der Waals surface area contributed by atoms with Gasteiger partial charge in [-0.15, -0.1) is 0 Å². The first-order chi connectivity index (χ1) is 6.66. The van der Waals surface area contributed by atoms with Crippen LogP contribution in [0, 0.1) is 12.8 Å². The monoisotopic (exact) mass is 193 g/mol. The molecule has 4 heteroatoms. The van der Waals surface area contributed by atoms with Crippen LogP contribution in [0.1, 0.15) is 35.4 Å². The van der Waals surface area contributed by atoms with E-state index in [2.05, 4.69) is 10.2 Å². The number of ketones is 1. The fourth-order valence-corrected chi connectivity index (χ4v) is 1.55. The molecule has 0 saturated heterocycles. The third-order valence-corrected chi connectivity index (χ3v) is 2.58. The molecule has 1 aliphatic carbocycles. The van der Waals surface area contributed by atoms with Crippen molar-refractivity contribution in [2.24, 2.45) is 11.7 Å². The lowest BCUT2D eigenvalue weighted by molar-refractivity contribution is 0.0949. The summed E-state index contributed by atoms with van der Waals surface area (Å²) in [6, 6.07) is 1.37. The molecule has 2 rings (SSSR count). The third-order valence-electron chi connectivity index (χ3n) is 2.58. The van der Waals surface area contributed by atoms with Crippen molar-refractivity contribution in [1.82, 2.24) is 10.2 Å². The van der Waals surface area contributed by atoms with Crippen LogP contribution in [0.15, 0.2) is 6.07 Å². The molecule has 0 aliphatic heterocycles. The smallest absolute Gasteiger partial charge is 0.199 e. The molecule has 1 heterocycles. The number of carbonyl (C=O) groups is 1. The average molecular weight is 193 g/mol. The topological polar surface area (TPSA) is 71.8 Å². The first-order valence-corrected chi connectivity index (χ1v) is 4.98. The van der Waals surface area contributed by atoms with Crippen molar-refractivity contribution >= 4 is 5.78 Å². The zero-order valence-corrected chi connectivity index (χ0v) is 8.29. The summed E-state index contributed by atoms with van der Waals surface area (Å²) >= 11 is 0. The van der Waals surface area contributed by atoms with Crippen molar-refractivity contribution in [2.45, 2.75) is 32.2 Å². The third kappa shape index (κ3) is 2.01. The molecule has 1 aromatic heterocycles. The lowest BCUT2D eigenvalue weighted by atomic mass is 10.0. The van der Waals surface area contributed by atoms with E-state index in [0.717, 1.165) is 12.1 Å². The molecule has 3 N–H and O–H groups in total. The van der Waals surface area contributed by atoms with E-state index in [0.29, 0.717) is 11.6 Å². The van der Waals surface area contributed by atoms with E-state index in [1.54, 1.807) is 6.07 Å². The van der Waals surface area contributed by atoms with Gasteiger partial charge in [0.05, 0.1) is 6.04 Å². The molecular formula is C10H15N3O. The summed E-state index contributed by atoms with van der Waals surface area (Å²) < 4.78 is 0. The minimum absolute atomic E-state index is 0.0405. The number of nitrogens with one attached hydrogen (secondary N) is 1. The van der Waals surface area contributed by atoms with Crippen LogP contribution in [0.4, 0.5) is 0 Å². The molecule has 0 aromatic carbocycles. The van der Waals surface area contributed by atoms with Crippen LogP contribution < -0.4 is 5.73 Å². The summed E-state index contributed by atoms with van der Waals surface area (Å²) in [6.45, 7) is 1.87. The number of aromatic nitrogens is 2. The summed E-state index contributed by atoms with van der Waals surface area (Å²) in [7, 11) is 0. The quantitative estimate of drug-likeness (QED) is 0.701. The molecule has 76 valence electrons. The Labute approximate surface area is 82.9 Å². The number of nitrogens with two attached hydrogens (primary N) is 1. The Kier molecular flexibility index (Phi) is 2.37. The molecule has 1 atom stereocenters. The van der Waals surface area contributed by atoms with Crippen LogP contribution in [0.25, 0.3) is 0 Å². The second-order valence-corrected chi connectivity index (χ2v) is 4.09. The number of rotatable bonds is 4. The second kappa shape index (κ2) is 3.53. The van der Waals surface area contributed by atoms with E-state index in [1.165, 1.54) is 12.8 Å². The van der Waals surface area contributed by atoms with Crippen molar-refractivity contribution < 1.29 is 4.79 Å². The second-order valence-electron chi connectivity index (χ2n) is 4.09. The van der Waals surface area contributed by atoms with Gasteiger partial charge in [0.15, 0.2) is 5.78 Å². The normalized spacial score (nSPS) is 18.1. The standard InChI is InChI=1S/C10H15N3O/c1-6-4-9(13-12-6)10(14)8(11)5-7-2-3-7/h4,7-8H,2-3,5,11H2,1H3,(H,12,13). The summed E-state index contributed by atoms with van der Waals surface area (Å²) in [5.41, 5.74) is 7.16. The Hall–Kier alpha value is -1.16. The van der Waals surface area contributed by atoms with Gasteiger partial charge in [-0.3, -0.25) is 9.89 Å². The number of nitrogens with zero attached hydrogens (tertiary/aromatic N) is 1. The maximum Gasteiger partial charge on any atom is 0.199 e. The summed E-state index contributed by atoms with van der Waals surface area (Å²) in [6.07, 6.45) is 3.26. The summed E-state index contributed by atoms with van der Waals surface area (Å²) in [4.78, 5) is 11.7. The Morgan fingerprint density at radius 2 is 2.50 bits per heavy atom. The molecule has 14 heavy (non-hydrogen) atoms. The SMILES string of the molecule is Cc1cc(C(=O)C(N)CC2CC2)n[nH]1. The van der Waals surface area contributed by atoms with Gasteiger partial charge < -0.3 is 5.73 Å². The highest BCUT2D eigenvalue weighted by molar-refractivity contribution is 5.98. The zero-order valence-electron chi connectivity index (χ0n) is 8.29. The number of H-pyrrole nitrogens is 1. The van der Waals surface area contributed by atoms with E-state index >= 15 is 0 Å². The molecular weight excluding hydrogens is 178 g/mol. The summed E-state index contributed by atoms with van der Waals surface area (Å²) in [5, 5.41) is 6.66. The van der Waals surface area contributed by atoms with Crippen LogP contribution in [-0.4, -0.2) is 22.0 Å². The predicted molar refractivity (Wildman–Crippen MR) is 53.0 cm³/mol. The van der Waals surface area contributed by atoms with Crippen LogP contribution in [0.5, 0.6) is 0 Å². The molecule has 1 unspecified atom stereocenters. The Bertz CT molecular complexity index is 341. The van der Waals surface area contributed by atoms with Gasteiger partial charge in [0.1, 0.15) is 5.69 Å². The highest BCUT2D eigenvalue weighted by atomic mass is 16.1. The van der Waals surface area contributed by atoms with Gasteiger partial charge in [-0.25, -0.2) is 0 Å². The van der Waals surface area contributed by atoms with E-state index in [9.17, 15) is 4.79 Å². The maximum absolute atomic E-state index is 11.7. The largest absolute Gasteiger partial charge is 0.321 e. The fraction of sp³-hybridized carbons (Fsp3) is 0.600. The van der Waals surface area contributed by atoms with Crippen LogP contribution in [0.2, 0.25) is 0 Å². The average Bonchev–Trinajstić information content (AvgIpc) is 2.85. The Morgan fingerprint density at radius 3 is 3.00 bits per heavy atom. The molecule has 0 spiro atoms. The molecule has 4 nitrogen and oxygen atoms in total. The van der Waals surface area contributed by atoms with Crippen molar-refractivity contribution in [2.75, 3.05) is 0 Å². The first kappa shape index (κ1) is 9.40. The Morgan fingerprint density at radius 1 is 1.79 bits per heavy atom. The number of aromatic amines is 1. The van der Waals surface area contributed by atoms with Gasteiger partial charge in [0.2, 0.25) is 0 Å². The number of aryl methyl sites for hydroxylation is 1. The van der Waals surface area contributed by atoms with Crippen molar-refractivity contribution in [1.29, 1.82) is 0 Å². The number of hydrogen-bond acceptors (Lipinski definition) is 3. The minimum atomic E-state index is -0.370. The number of hydrogen-bond donors (Lipinski definition) is 2. The molecule has 1 aromatic rings. The minimum Gasteiger partial charge on any atom is -0.321 e. The number of Topliss-reactive ketones (excluding diaryl/α,β-unsaturated/α-hetero) is 1. The molecule has 1 saturated carbocycles. The molecule has 1 fully saturated rings. The molecule has 0 radical (unpaired) electrons. The van der Waals surface area contributed by atoms with Gasteiger partial charge in [-0.05, 0) is 25.3 Å². The predicted octanol–water partition coefficient (Wildman–Crippen LogP) is 1.03. The van der Waals surface area contributed by atoms with Gasteiger partial charge in [-0.1, -0.05) is 12.8 Å². The van der Waals surface area contributed by atoms with Gasteiger partial charge in [0.25, 0.3) is 0 Å². The molecule has 1 aliphatic rings. The Balaban J connectivity index is 1.99. The van der Waals surface area contributed by atoms with E-state index in [-0.39, 0.29) is 11.8 Å². The van der Waals surface area contributed by atoms with E-state index < -0.39 is 0 Å². The lowest BCUT2D eigenvalue weighted by Crippen LogP contribution is -2.31.